The summed E-state index contributed by atoms with van der Waals surface area (Å²) in [6, 6.07) is 9.12. The Kier molecular flexibility index (Phi) is 3.65. The van der Waals surface area contributed by atoms with Crippen molar-refractivity contribution in [3.8, 4) is 6.07 Å². The van der Waals surface area contributed by atoms with Gasteiger partial charge in [-0.2, -0.15) is 5.26 Å². The number of piperazine rings is 1. The topological polar surface area (TPSA) is 39.1 Å². The summed E-state index contributed by atoms with van der Waals surface area (Å²) < 4.78 is 0. The van der Waals surface area contributed by atoms with Gasteiger partial charge < -0.3 is 10.2 Å². The van der Waals surface area contributed by atoms with E-state index in [1.54, 1.807) is 0 Å². The van der Waals surface area contributed by atoms with Crippen LogP contribution in [0.5, 0.6) is 0 Å². The zero-order chi connectivity index (χ0) is 12.3. The van der Waals surface area contributed by atoms with Crippen LogP contribution in [0, 0.1) is 25.2 Å². The molecule has 0 aromatic heterocycles. The number of nitrogens with one attached hydrogen (secondary N) is 1. The number of hydrogen-bond acceptors (Lipinski definition) is 3. The molecule has 0 spiro atoms. The van der Waals surface area contributed by atoms with Crippen LogP contribution in [0.15, 0.2) is 18.2 Å². The first-order valence-electron chi connectivity index (χ1n) is 6.14. The highest BCUT2D eigenvalue weighted by atomic mass is 15.2. The zero-order valence-corrected chi connectivity index (χ0v) is 10.5. The van der Waals surface area contributed by atoms with Crippen LogP contribution in [0.3, 0.4) is 0 Å². The lowest BCUT2D eigenvalue weighted by molar-refractivity contribution is 0.480. The maximum atomic E-state index is 8.89. The molecule has 1 aliphatic heterocycles. The number of aryl methyl sites for hydroxylation is 2. The highest BCUT2D eigenvalue weighted by Crippen LogP contribution is 2.24. The van der Waals surface area contributed by atoms with Crippen molar-refractivity contribution < 1.29 is 0 Å². The molecule has 1 fully saturated rings. The molecule has 0 aliphatic carbocycles. The Hall–Kier alpha value is -1.53. The molecular formula is C14H19N3. The minimum absolute atomic E-state index is 0.301. The Balaban J connectivity index is 2.26. The Morgan fingerprint density at radius 2 is 2.29 bits per heavy atom. The molecule has 1 N–H and O–H groups in total. The van der Waals surface area contributed by atoms with Crippen LogP contribution >= 0.6 is 0 Å². The van der Waals surface area contributed by atoms with Crippen LogP contribution in [-0.4, -0.2) is 25.7 Å². The summed E-state index contributed by atoms with van der Waals surface area (Å²) in [7, 11) is 0. The quantitative estimate of drug-likeness (QED) is 0.843. The van der Waals surface area contributed by atoms with Gasteiger partial charge in [-0.1, -0.05) is 17.7 Å². The summed E-state index contributed by atoms with van der Waals surface area (Å²) in [4.78, 5) is 2.37. The predicted octanol–water partition coefficient (Wildman–Crippen LogP) is 2.00. The molecule has 0 bridgehead atoms. The number of nitrogens with zero attached hydrogens (tertiary/aromatic N) is 2. The van der Waals surface area contributed by atoms with E-state index in [-0.39, 0.29) is 0 Å². The van der Waals surface area contributed by atoms with Crippen molar-refractivity contribution in [1.29, 1.82) is 5.26 Å². The average molecular weight is 229 g/mol. The monoisotopic (exact) mass is 229 g/mol. The van der Waals surface area contributed by atoms with Crippen molar-refractivity contribution in [3.05, 3.63) is 29.3 Å². The van der Waals surface area contributed by atoms with Gasteiger partial charge >= 0.3 is 0 Å². The van der Waals surface area contributed by atoms with Gasteiger partial charge in [-0.05, 0) is 25.5 Å². The van der Waals surface area contributed by atoms with Crippen LogP contribution in [0.4, 0.5) is 5.69 Å². The van der Waals surface area contributed by atoms with E-state index >= 15 is 0 Å². The van der Waals surface area contributed by atoms with Crippen LogP contribution in [-0.2, 0) is 0 Å². The molecule has 1 aromatic rings. The maximum Gasteiger partial charge on any atom is 0.0643 e. The maximum absolute atomic E-state index is 8.89. The van der Waals surface area contributed by atoms with E-state index in [0.717, 1.165) is 19.6 Å². The van der Waals surface area contributed by atoms with Gasteiger partial charge in [0.1, 0.15) is 0 Å². The Morgan fingerprint density at radius 1 is 1.47 bits per heavy atom. The third kappa shape index (κ3) is 2.59. The molecule has 1 aliphatic rings. The Morgan fingerprint density at radius 3 is 3.00 bits per heavy atom. The lowest BCUT2D eigenvalue weighted by atomic mass is 10.0. The summed E-state index contributed by atoms with van der Waals surface area (Å²) in [6.45, 7) is 7.14. The van der Waals surface area contributed by atoms with Crippen molar-refractivity contribution in [2.75, 3.05) is 24.5 Å². The number of nitriles is 1. The van der Waals surface area contributed by atoms with Crippen LogP contribution in [0.25, 0.3) is 0 Å². The van der Waals surface area contributed by atoms with Gasteiger partial charge in [-0.3, -0.25) is 0 Å². The van der Waals surface area contributed by atoms with E-state index in [1.165, 1.54) is 16.8 Å². The van der Waals surface area contributed by atoms with Gasteiger partial charge in [0.25, 0.3) is 0 Å². The second kappa shape index (κ2) is 5.20. The standard InChI is InChI=1S/C14H19N3/c1-11-3-4-14(12(2)9-11)17-8-7-16-10-13(17)5-6-15/h3-4,9,13,16H,5,7-8,10H2,1-2H3. The van der Waals surface area contributed by atoms with Gasteiger partial charge in [0.2, 0.25) is 0 Å². The normalized spacial score (nSPS) is 20.1. The fraction of sp³-hybridized carbons (Fsp3) is 0.500. The molecule has 1 aromatic carbocycles. The molecule has 0 saturated carbocycles. The van der Waals surface area contributed by atoms with Gasteiger partial charge in [-0.25, -0.2) is 0 Å². The van der Waals surface area contributed by atoms with Gasteiger partial charge in [0.15, 0.2) is 0 Å². The summed E-state index contributed by atoms with van der Waals surface area (Å²) in [5, 5.41) is 12.2. The lowest BCUT2D eigenvalue weighted by Gasteiger charge is -2.37. The number of rotatable bonds is 2. The van der Waals surface area contributed by atoms with Crippen molar-refractivity contribution in [3.63, 3.8) is 0 Å². The van der Waals surface area contributed by atoms with Gasteiger partial charge in [-0.15, -0.1) is 0 Å². The number of hydrogen-bond donors (Lipinski definition) is 1. The predicted molar refractivity (Wildman–Crippen MR) is 70.1 cm³/mol. The molecule has 90 valence electrons. The molecule has 0 amide bonds. The van der Waals surface area contributed by atoms with E-state index in [4.69, 9.17) is 5.26 Å². The highest BCUT2D eigenvalue weighted by molar-refractivity contribution is 5.55. The zero-order valence-electron chi connectivity index (χ0n) is 10.5. The minimum Gasteiger partial charge on any atom is -0.365 e. The molecule has 1 unspecified atom stereocenters. The lowest BCUT2D eigenvalue weighted by Crippen LogP contribution is -2.51. The molecule has 1 saturated heterocycles. The van der Waals surface area contributed by atoms with Crippen molar-refractivity contribution in [2.45, 2.75) is 26.3 Å². The first-order valence-corrected chi connectivity index (χ1v) is 6.14. The molecule has 0 radical (unpaired) electrons. The van der Waals surface area contributed by atoms with E-state index in [2.05, 4.69) is 48.3 Å². The molecule has 2 rings (SSSR count). The summed E-state index contributed by atoms with van der Waals surface area (Å²) in [5.74, 6) is 0. The van der Waals surface area contributed by atoms with Crippen molar-refractivity contribution in [2.24, 2.45) is 0 Å². The molecule has 1 heterocycles. The smallest absolute Gasteiger partial charge is 0.0643 e. The van der Waals surface area contributed by atoms with E-state index in [0.29, 0.717) is 12.5 Å². The highest BCUT2D eigenvalue weighted by Gasteiger charge is 2.23. The summed E-state index contributed by atoms with van der Waals surface area (Å²) >= 11 is 0. The summed E-state index contributed by atoms with van der Waals surface area (Å²) in [5.41, 5.74) is 3.87. The number of benzene rings is 1. The van der Waals surface area contributed by atoms with E-state index < -0.39 is 0 Å². The minimum atomic E-state index is 0.301. The first-order chi connectivity index (χ1) is 8.22. The Labute approximate surface area is 103 Å². The fourth-order valence-electron chi connectivity index (χ4n) is 2.49. The second-order valence-corrected chi connectivity index (χ2v) is 4.70. The largest absolute Gasteiger partial charge is 0.365 e. The molecular weight excluding hydrogens is 210 g/mol. The van der Waals surface area contributed by atoms with E-state index in [1.807, 2.05) is 0 Å². The number of anilines is 1. The van der Waals surface area contributed by atoms with Crippen molar-refractivity contribution >= 4 is 5.69 Å². The Bertz CT molecular complexity index is 434. The van der Waals surface area contributed by atoms with E-state index in [9.17, 15) is 0 Å². The second-order valence-electron chi connectivity index (χ2n) is 4.70. The van der Waals surface area contributed by atoms with Crippen molar-refractivity contribution in [1.82, 2.24) is 5.32 Å². The molecule has 17 heavy (non-hydrogen) atoms. The van der Waals surface area contributed by atoms with Gasteiger partial charge in [0.05, 0.1) is 18.5 Å². The molecule has 3 heteroatoms. The fourth-order valence-corrected chi connectivity index (χ4v) is 2.49. The van der Waals surface area contributed by atoms with Gasteiger partial charge in [0, 0.05) is 25.3 Å². The average Bonchev–Trinajstić information content (AvgIpc) is 2.31. The summed E-state index contributed by atoms with van der Waals surface area (Å²) in [6.07, 6.45) is 0.584. The third-order valence-electron chi connectivity index (χ3n) is 3.34. The third-order valence-corrected chi connectivity index (χ3v) is 3.34. The molecule has 1 atom stereocenters. The first kappa shape index (κ1) is 11.9. The van der Waals surface area contributed by atoms with Crippen LogP contribution in [0.2, 0.25) is 0 Å². The molecule has 3 nitrogen and oxygen atoms in total. The van der Waals surface area contributed by atoms with Crippen LogP contribution in [0.1, 0.15) is 17.5 Å². The SMILES string of the molecule is Cc1ccc(N2CCNCC2CC#N)c(C)c1. The van der Waals surface area contributed by atoms with Crippen LogP contribution < -0.4 is 10.2 Å².